The Morgan fingerprint density at radius 2 is 1.18 bits per heavy atom. The molecule has 1 heterocycles. The number of nitrogens with zero attached hydrogens (tertiary/aromatic N) is 2. The fourth-order valence-corrected chi connectivity index (χ4v) is 11.5. The highest BCUT2D eigenvalue weighted by molar-refractivity contribution is 6.08. The average Bonchev–Trinajstić information content (AvgIpc) is 4.00. The maximum atomic E-state index is 7.28. The molecule has 0 saturated heterocycles. The third kappa shape index (κ3) is 5.76. The van der Waals surface area contributed by atoms with E-state index in [1.54, 1.807) is 0 Å². The number of hydrogen-bond acceptors (Lipinski definition) is 3. The minimum atomic E-state index is -0.663. The zero-order chi connectivity index (χ0) is 43.8. The molecule has 0 saturated carbocycles. The summed E-state index contributed by atoms with van der Waals surface area (Å²) >= 11 is 0. The first kappa shape index (κ1) is 38.3. The van der Waals surface area contributed by atoms with Gasteiger partial charge in [-0.15, -0.1) is 0 Å². The number of benzene rings is 9. The summed E-state index contributed by atoms with van der Waals surface area (Å²) in [5.41, 5.74) is 18.5. The molecular weight excluding hydrogens is 801 g/mol. The predicted octanol–water partition coefficient (Wildman–Crippen LogP) is 16.6. The first-order chi connectivity index (χ1) is 32.7. The first-order valence-electron chi connectivity index (χ1n) is 23.2. The highest BCUT2D eigenvalue weighted by Crippen LogP contribution is 2.68. The van der Waals surface area contributed by atoms with Crippen LogP contribution in [0.15, 0.2) is 241 Å². The van der Waals surface area contributed by atoms with Gasteiger partial charge in [0, 0.05) is 51.1 Å². The second-order valence-electron chi connectivity index (χ2n) is 18.0. The number of anilines is 4. The van der Waals surface area contributed by atoms with Gasteiger partial charge in [0.25, 0.3) is 0 Å². The Morgan fingerprint density at radius 3 is 2.03 bits per heavy atom. The van der Waals surface area contributed by atoms with E-state index in [4.69, 9.17) is 4.42 Å². The van der Waals surface area contributed by atoms with Gasteiger partial charge in [0.1, 0.15) is 11.3 Å². The summed E-state index contributed by atoms with van der Waals surface area (Å²) in [5.74, 6) is 1.34. The van der Waals surface area contributed by atoms with Crippen LogP contribution in [0.4, 0.5) is 22.7 Å². The molecule has 3 aliphatic carbocycles. The van der Waals surface area contributed by atoms with Crippen molar-refractivity contribution >= 4 is 44.5 Å². The number of fused-ring (bicyclic) bond motifs is 13. The van der Waals surface area contributed by atoms with Crippen LogP contribution in [-0.2, 0) is 12.0 Å². The topological polar surface area (TPSA) is 19.6 Å². The van der Waals surface area contributed by atoms with Crippen LogP contribution in [0.25, 0.3) is 55.3 Å². The molecule has 0 fully saturated rings. The van der Waals surface area contributed by atoms with E-state index in [-0.39, 0.29) is 0 Å². The van der Waals surface area contributed by atoms with E-state index in [0.717, 1.165) is 40.1 Å². The van der Waals surface area contributed by atoms with Gasteiger partial charge in [-0.05, 0) is 105 Å². The summed E-state index contributed by atoms with van der Waals surface area (Å²) in [6.45, 7) is 3.01. The van der Waals surface area contributed by atoms with Gasteiger partial charge in [-0.1, -0.05) is 189 Å². The van der Waals surface area contributed by atoms with E-state index in [2.05, 4.69) is 247 Å². The molecule has 3 heteroatoms. The lowest BCUT2D eigenvalue weighted by Crippen LogP contribution is -2.26. The second kappa shape index (κ2) is 15.3. The van der Waals surface area contributed by atoms with Crippen molar-refractivity contribution in [2.75, 3.05) is 9.80 Å². The number of para-hydroxylation sites is 2. The molecule has 0 amide bonds. The molecule has 0 bridgehead atoms. The summed E-state index contributed by atoms with van der Waals surface area (Å²) in [4.78, 5) is 5.06. The highest BCUT2D eigenvalue weighted by atomic mass is 16.3. The Labute approximate surface area is 385 Å². The van der Waals surface area contributed by atoms with E-state index in [1.807, 2.05) is 0 Å². The van der Waals surface area contributed by atoms with Gasteiger partial charge in [-0.2, -0.15) is 0 Å². The third-order valence-corrected chi connectivity index (χ3v) is 14.2. The maximum Gasteiger partial charge on any atom is 0.142 e. The number of hydrogen-bond donors (Lipinski definition) is 0. The van der Waals surface area contributed by atoms with Gasteiger partial charge >= 0.3 is 0 Å². The standard InChI is InChI=1S/C63H46N2O/c1-42-19-14-28-48(39-42)65(55-35-16-24-45-23-8-9-29-49(45)55)57-37-18-34-54-60(57)62-61(51-31-11-13-38-58(51)66-62)63(54)52-32-12-10-30-50(52)59-53(63)33-17-36-56(59)64(47-26-6-3-7-27-47)41-43-20-15-25-46(40-43)44-21-4-2-5-22-44/h2-38,40,42H,39,41H2,1H3. The molecule has 0 aliphatic heterocycles. The van der Waals surface area contributed by atoms with Crippen LogP contribution in [0.1, 0.15) is 41.2 Å². The van der Waals surface area contributed by atoms with E-state index < -0.39 is 5.41 Å². The molecule has 2 atom stereocenters. The van der Waals surface area contributed by atoms with E-state index in [0.29, 0.717) is 12.5 Å². The third-order valence-electron chi connectivity index (χ3n) is 14.2. The molecule has 0 N–H and O–H groups in total. The van der Waals surface area contributed by atoms with Crippen LogP contribution in [0.5, 0.6) is 0 Å². The average molecular weight is 847 g/mol. The molecule has 66 heavy (non-hydrogen) atoms. The molecule has 1 aromatic heterocycles. The Balaban J connectivity index is 1.08. The molecule has 2 unspecified atom stereocenters. The molecule has 10 aromatic rings. The summed E-state index contributed by atoms with van der Waals surface area (Å²) in [7, 11) is 0. The molecule has 314 valence electrons. The lowest BCUT2D eigenvalue weighted by atomic mass is 9.70. The molecule has 3 nitrogen and oxygen atoms in total. The van der Waals surface area contributed by atoms with Crippen LogP contribution in [0, 0.1) is 5.92 Å². The van der Waals surface area contributed by atoms with E-state index in [9.17, 15) is 0 Å². The quantitative estimate of drug-likeness (QED) is 0.152. The zero-order valence-corrected chi connectivity index (χ0v) is 36.7. The fraction of sp³-hybridized carbons (Fsp3) is 0.0794. The molecule has 1 spiro atoms. The van der Waals surface area contributed by atoms with Crippen molar-refractivity contribution < 1.29 is 4.42 Å². The molecule has 0 radical (unpaired) electrons. The molecule has 13 rings (SSSR count). The van der Waals surface area contributed by atoms with Crippen LogP contribution in [0.3, 0.4) is 0 Å². The van der Waals surface area contributed by atoms with Gasteiger partial charge in [0.05, 0.1) is 16.8 Å². The van der Waals surface area contributed by atoms with Crippen molar-refractivity contribution in [3.05, 3.63) is 264 Å². The van der Waals surface area contributed by atoms with Crippen LogP contribution in [0.2, 0.25) is 0 Å². The Kier molecular flexibility index (Phi) is 8.86. The molecule has 3 aliphatic rings. The van der Waals surface area contributed by atoms with Gasteiger partial charge in [0.2, 0.25) is 0 Å². The summed E-state index contributed by atoms with van der Waals surface area (Å²) in [6, 6.07) is 77.9. The lowest BCUT2D eigenvalue weighted by Gasteiger charge is -2.34. The summed E-state index contributed by atoms with van der Waals surface area (Å²) < 4.78 is 7.28. The largest absolute Gasteiger partial charge is 0.456 e. The van der Waals surface area contributed by atoms with Gasteiger partial charge < -0.3 is 14.2 Å². The van der Waals surface area contributed by atoms with Crippen molar-refractivity contribution in [1.29, 1.82) is 0 Å². The Morgan fingerprint density at radius 1 is 0.545 bits per heavy atom. The molecule has 9 aromatic carbocycles. The highest BCUT2D eigenvalue weighted by Gasteiger charge is 2.56. The number of allylic oxidation sites excluding steroid dienone is 4. The van der Waals surface area contributed by atoms with Gasteiger partial charge in [0.15, 0.2) is 0 Å². The van der Waals surface area contributed by atoms with Crippen molar-refractivity contribution in [3.63, 3.8) is 0 Å². The molecular formula is C63H46N2O. The minimum absolute atomic E-state index is 0.396. The zero-order valence-electron chi connectivity index (χ0n) is 36.7. The normalized spacial score (nSPS) is 16.5. The predicted molar refractivity (Wildman–Crippen MR) is 274 cm³/mol. The Bertz CT molecular complexity index is 3570. The van der Waals surface area contributed by atoms with Gasteiger partial charge in [-0.25, -0.2) is 0 Å². The number of rotatable bonds is 8. The minimum Gasteiger partial charge on any atom is -0.456 e. The van der Waals surface area contributed by atoms with Crippen LogP contribution < -0.4 is 9.80 Å². The second-order valence-corrected chi connectivity index (χ2v) is 18.0. The van der Waals surface area contributed by atoms with Crippen molar-refractivity contribution in [2.24, 2.45) is 5.92 Å². The van der Waals surface area contributed by atoms with E-state index in [1.165, 1.54) is 77.9 Å². The van der Waals surface area contributed by atoms with E-state index >= 15 is 0 Å². The van der Waals surface area contributed by atoms with Gasteiger partial charge in [-0.3, -0.25) is 0 Å². The summed E-state index contributed by atoms with van der Waals surface area (Å²) in [6.07, 6.45) is 7.78. The maximum absolute atomic E-state index is 7.28. The smallest absolute Gasteiger partial charge is 0.142 e. The van der Waals surface area contributed by atoms with Crippen LogP contribution >= 0.6 is 0 Å². The van der Waals surface area contributed by atoms with Crippen molar-refractivity contribution in [3.8, 4) is 33.6 Å². The van der Waals surface area contributed by atoms with Crippen LogP contribution in [-0.4, -0.2) is 0 Å². The first-order valence-corrected chi connectivity index (χ1v) is 23.2. The van der Waals surface area contributed by atoms with Crippen molar-refractivity contribution in [2.45, 2.75) is 25.3 Å². The monoisotopic (exact) mass is 846 g/mol. The SMILES string of the molecule is CC1C=CC=C(N(c2cccc3c2-c2oc4ccccc4c2C32c3ccccc3-c3c(N(Cc4cccc(-c5ccccc5)c4)c4ccccc4)cccc32)c2cccc3ccccc23)C1. The Hall–Kier alpha value is -8.14. The fourth-order valence-electron chi connectivity index (χ4n) is 11.5. The number of furan rings is 1. The van der Waals surface area contributed by atoms with Crippen molar-refractivity contribution in [1.82, 2.24) is 0 Å². The summed E-state index contributed by atoms with van der Waals surface area (Å²) in [5, 5.41) is 3.58. The lowest BCUT2D eigenvalue weighted by molar-refractivity contribution is 0.628.